The van der Waals surface area contributed by atoms with E-state index in [9.17, 15) is 4.79 Å². The molecule has 0 saturated carbocycles. The van der Waals surface area contributed by atoms with Crippen LogP contribution in [0.4, 0.5) is 0 Å². The molecule has 6 nitrogen and oxygen atoms in total. The number of hydrogen-bond donors (Lipinski definition) is 1. The molecule has 0 spiro atoms. The van der Waals surface area contributed by atoms with Gasteiger partial charge in [0.1, 0.15) is 12.1 Å². The van der Waals surface area contributed by atoms with Crippen molar-refractivity contribution < 1.29 is 4.79 Å². The number of aryl methyl sites for hydroxylation is 1. The first-order chi connectivity index (χ1) is 15.9. The summed E-state index contributed by atoms with van der Waals surface area (Å²) in [6.07, 6.45) is 4.46. The Labute approximate surface area is 195 Å². The van der Waals surface area contributed by atoms with Gasteiger partial charge in [-0.25, -0.2) is 9.50 Å². The van der Waals surface area contributed by atoms with Crippen LogP contribution < -0.4 is 0 Å². The summed E-state index contributed by atoms with van der Waals surface area (Å²) in [4.78, 5) is 22.3. The second kappa shape index (κ2) is 8.75. The maximum Gasteiger partial charge on any atom is 0.156 e. The Morgan fingerprint density at radius 2 is 1.97 bits per heavy atom. The number of benzene rings is 1. The van der Waals surface area contributed by atoms with Crippen molar-refractivity contribution in [1.29, 1.82) is 0 Å². The molecule has 0 atom stereocenters. The van der Waals surface area contributed by atoms with Crippen LogP contribution in [0.1, 0.15) is 68.7 Å². The fraction of sp³-hybridized carbons (Fsp3) is 0.444. The largest absolute Gasteiger partial charge is 0.354 e. The average Bonchev–Trinajstić information content (AvgIpc) is 3.44. The predicted molar refractivity (Wildman–Crippen MR) is 133 cm³/mol. The molecule has 0 unspecified atom stereocenters. The zero-order chi connectivity index (χ0) is 23.1. The summed E-state index contributed by atoms with van der Waals surface area (Å²) in [6, 6.07) is 11.2. The molecule has 4 aromatic rings. The number of piperidine rings is 1. The van der Waals surface area contributed by atoms with Crippen molar-refractivity contribution in [2.75, 3.05) is 19.6 Å². The third-order valence-electron chi connectivity index (χ3n) is 7.14. The van der Waals surface area contributed by atoms with Crippen LogP contribution in [0.25, 0.3) is 27.8 Å². The minimum atomic E-state index is 0.343. The van der Waals surface area contributed by atoms with Crippen molar-refractivity contribution in [3.8, 4) is 11.3 Å². The Kier molecular flexibility index (Phi) is 5.79. The molecule has 6 heteroatoms. The van der Waals surface area contributed by atoms with E-state index in [1.807, 2.05) is 11.4 Å². The monoisotopic (exact) mass is 443 g/mol. The van der Waals surface area contributed by atoms with Crippen molar-refractivity contribution in [2.24, 2.45) is 0 Å². The van der Waals surface area contributed by atoms with Crippen molar-refractivity contribution in [3.05, 3.63) is 53.5 Å². The molecule has 3 aromatic heterocycles. The van der Waals surface area contributed by atoms with Gasteiger partial charge in [0, 0.05) is 28.6 Å². The molecule has 1 aromatic carbocycles. The Hall–Kier alpha value is -2.99. The molecule has 4 heterocycles. The van der Waals surface area contributed by atoms with Gasteiger partial charge in [0.25, 0.3) is 0 Å². The first kappa shape index (κ1) is 21.8. The number of likely N-dealkylation sites (tertiary alicyclic amines) is 1. The number of rotatable bonds is 6. The maximum absolute atomic E-state index is 11.8. The van der Waals surface area contributed by atoms with E-state index in [-0.39, 0.29) is 0 Å². The fourth-order valence-corrected chi connectivity index (χ4v) is 5.33. The summed E-state index contributed by atoms with van der Waals surface area (Å²) in [6.45, 7) is 11.2. The second-order valence-electron chi connectivity index (χ2n) is 9.73. The minimum absolute atomic E-state index is 0.343. The van der Waals surface area contributed by atoms with Gasteiger partial charge in [-0.15, -0.1) is 0 Å². The van der Waals surface area contributed by atoms with Crippen LogP contribution in [0.15, 0.2) is 36.7 Å². The SMILES string of the molecule is CCC(=O)CN1CCC(c2ccc3[nH]c(-c4cc(C)n5ncnc5c4)c(C(C)C)c3c2)CC1. The number of ketones is 1. The highest BCUT2D eigenvalue weighted by atomic mass is 16.1. The van der Waals surface area contributed by atoms with E-state index in [1.165, 1.54) is 27.7 Å². The number of carbonyl (C=O) groups is 1. The van der Waals surface area contributed by atoms with Crippen molar-refractivity contribution >= 4 is 22.3 Å². The van der Waals surface area contributed by atoms with Gasteiger partial charge in [-0.3, -0.25) is 9.69 Å². The van der Waals surface area contributed by atoms with E-state index in [0.717, 1.165) is 42.8 Å². The van der Waals surface area contributed by atoms with E-state index in [0.29, 0.717) is 30.6 Å². The summed E-state index contributed by atoms with van der Waals surface area (Å²) in [7, 11) is 0. The van der Waals surface area contributed by atoms with Crippen LogP contribution in [-0.4, -0.2) is 49.9 Å². The number of Topliss-reactive ketones (excluding diaryl/α,β-unsaturated/α-hetero) is 1. The lowest BCUT2D eigenvalue weighted by Crippen LogP contribution is -2.36. The number of fused-ring (bicyclic) bond motifs is 2. The number of nitrogens with zero attached hydrogens (tertiary/aromatic N) is 4. The third-order valence-corrected chi connectivity index (χ3v) is 7.14. The number of H-pyrrole nitrogens is 1. The highest BCUT2D eigenvalue weighted by Crippen LogP contribution is 2.38. The molecule has 0 bridgehead atoms. The highest BCUT2D eigenvalue weighted by Gasteiger charge is 2.23. The van der Waals surface area contributed by atoms with Gasteiger partial charge >= 0.3 is 0 Å². The van der Waals surface area contributed by atoms with Crippen molar-refractivity contribution in [2.45, 2.75) is 58.8 Å². The molecular formula is C27H33N5O. The number of nitrogens with one attached hydrogen (secondary N) is 1. The lowest BCUT2D eigenvalue weighted by molar-refractivity contribution is -0.120. The van der Waals surface area contributed by atoms with Gasteiger partial charge in [0.15, 0.2) is 5.65 Å². The second-order valence-corrected chi connectivity index (χ2v) is 9.73. The van der Waals surface area contributed by atoms with Crippen molar-refractivity contribution in [1.82, 2.24) is 24.5 Å². The quantitative estimate of drug-likeness (QED) is 0.429. The zero-order valence-corrected chi connectivity index (χ0v) is 20.1. The standard InChI is InChI=1S/C27H33N5O/c1-5-22(33)15-31-10-8-19(9-11-31)20-6-7-24-23(13-20)26(17(2)3)27(30-24)21-12-18(4)32-25(14-21)28-16-29-32/h6-7,12-14,16-17,19,30H,5,8-11,15H2,1-4H3. The maximum atomic E-state index is 11.8. The molecule has 1 saturated heterocycles. The van der Waals surface area contributed by atoms with Crippen LogP contribution >= 0.6 is 0 Å². The Morgan fingerprint density at radius 1 is 1.18 bits per heavy atom. The first-order valence-electron chi connectivity index (χ1n) is 12.1. The third kappa shape index (κ3) is 4.08. The summed E-state index contributed by atoms with van der Waals surface area (Å²) < 4.78 is 1.87. The fourth-order valence-electron chi connectivity index (χ4n) is 5.33. The Morgan fingerprint density at radius 3 is 2.70 bits per heavy atom. The smallest absolute Gasteiger partial charge is 0.156 e. The first-order valence-corrected chi connectivity index (χ1v) is 12.1. The molecule has 1 aliphatic heterocycles. The van der Waals surface area contributed by atoms with Gasteiger partial charge in [-0.05, 0) is 80.1 Å². The molecule has 0 radical (unpaired) electrons. The van der Waals surface area contributed by atoms with E-state index in [2.05, 4.69) is 71.1 Å². The molecular weight excluding hydrogens is 410 g/mol. The van der Waals surface area contributed by atoms with Gasteiger partial charge in [-0.1, -0.05) is 26.8 Å². The topological polar surface area (TPSA) is 66.3 Å². The van der Waals surface area contributed by atoms with E-state index in [1.54, 1.807) is 6.33 Å². The van der Waals surface area contributed by atoms with Crippen LogP contribution in [-0.2, 0) is 4.79 Å². The average molecular weight is 444 g/mol. The number of carbonyl (C=O) groups excluding carboxylic acids is 1. The van der Waals surface area contributed by atoms with E-state index < -0.39 is 0 Å². The van der Waals surface area contributed by atoms with Gasteiger partial charge in [0.05, 0.1) is 12.2 Å². The van der Waals surface area contributed by atoms with E-state index >= 15 is 0 Å². The van der Waals surface area contributed by atoms with Crippen LogP contribution in [0.3, 0.4) is 0 Å². The molecule has 1 aliphatic rings. The molecule has 1 fully saturated rings. The summed E-state index contributed by atoms with van der Waals surface area (Å²) in [5.41, 5.74) is 8.24. The molecule has 1 N–H and O–H groups in total. The summed E-state index contributed by atoms with van der Waals surface area (Å²) in [5, 5.41) is 5.64. The molecule has 33 heavy (non-hydrogen) atoms. The molecule has 172 valence electrons. The lowest BCUT2D eigenvalue weighted by Gasteiger charge is -2.31. The highest BCUT2D eigenvalue weighted by molar-refractivity contribution is 5.92. The van der Waals surface area contributed by atoms with Gasteiger partial charge in [-0.2, -0.15) is 5.10 Å². The number of pyridine rings is 1. The normalized spacial score (nSPS) is 15.8. The Balaban J connectivity index is 1.48. The van der Waals surface area contributed by atoms with Crippen LogP contribution in [0.2, 0.25) is 0 Å². The van der Waals surface area contributed by atoms with Crippen LogP contribution in [0, 0.1) is 6.92 Å². The lowest BCUT2D eigenvalue weighted by atomic mass is 9.87. The summed E-state index contributed by atoms with van der Waals surface area (Å²) in [5.74, 6) is 1.28. The summed E-state index contributed by atoms with van der Waals surface area (Å²) >= 11 is 0. The molecule has 0 amide bonds. The van der Waals surface area contributed by atoms with Crippen LogP contribution in [0.5, 0.6) is 0 Å². The number of aromatic nitrogens is 4. The molecule has 5 rings (SSSR count). The number of hydrogen-bond acceptors (Lipinski definition) is 4. The molecule has 0 aliphatic carbocycles. The van der Waals surface area contributed by atoms with Gasteiger partial charge in [0.2, 0.25) is 0 Å². The number of aromatic amines is 1. The van der Waals surface area contributed by atoms with Crippen molar-refractivity contribution in [3.63, 3.8) is 0 Å². The minimum Gasteiger partial charge on any atom is -0.354 e. The van der Waals surface area contributed by atoms with Gasteiger partial charge < -0.3 is 4.98 Å². The van der Waals surface area contributed by atoms with E-state index in [4.69, 9.17) is 0 Å². The Bertz CT molecular complexity index is 1310. The predicted octanol–water partition coefficient (Wildman–Crippen LogP) is 5.47. The zero-order valence-electron chi connectivity index (χ0n) is 20.1.